The van der Waals surface area contributed by atoms with Gasteiger partial charge in [-0.05, 0) is 18.6 Å². The third-order valence-corrected chi connectivity index (χ3v) is 2.50. The van der Waals surface area contributed by atoms with Gasteiger partial charge < -0.3 is 15.8 Å². The molecule has 0 saturated carbocycles. The van der Waals surface area contributed by atoms with Gasteiger partial charge in [-0.15, -0.1) is 0 Å². The van der Waals surface area contributed by atoms with Gasteiger partial charge in [0, 0.05) is 13.7 Å². The van der Waals surface area contributed by atoms with Crippen LogP contribution in [0.4, 0.5) is 10.1 Å². The third-order valence-electron chi connectivity index (χ3n) is 2.50. The lowest BCUT2D eigenvalue weighted by Gasteiger charge is -2.14. The molecule has 0 saturated heterocycles. The molecule has 1 aromatic carbocycles. The molecule has 1 aromatic rings. The number of nitrogens with two attached hydrogens (primary N) is 1. The van der Waals surface area contributed by atoms with Gasteiger partial charge >= 0.3 is 0 Å². The van der Waals surface area contributed by atoms with Crippen molar-refractivity contribution in [2.75, 3.05) is 19.0 Å². The van der Waals surface area contributed by atoms with Crippen LogP contribution in [0.1, 0.15) is 12.0 Å². The quantitative estimate of drug-likeness (QED) is 0.818. The van der Waals surface area contributed by atoms with E-state index in [1.165, 1.54) is 13.2 Å². The van der Waals surface area contributed by atoms with Crippen LogP contribution < -0.4 is 11.1 Å². The molecule has 1 amide bonds. The number of methoxy groups -OCH3 is 1. The van der Waals surface area contributed by atoms with Crippen molar-refractivity contribution >= 4 is 11.6 Å². The molecular formula is C12H17FN2O2. The second-order valence-corrected chi connectivity index (χ2v) is 3.78. The van der Waals surface area contributed by atoms with Crippen LogP contribution in [0.5, 0.6) is 0 Å². The molecule has 0 aromatic heterocycles. The standard InChI is InChI=1S/C12H17FN2O2/c1-8-4-3-5-10(13)12(8)15-11(16)6-9(7-14)17-2/h3-5,9H,6-7,14H2,1-2H3,(H,15,16). The van der Waals surface area contributed by atoms with Gasteiger partial charge in [-0.25, -0.2) is 4.39 Å². The molecule has 0 aliphatic carbocycles. The van der Waals surface area contributed by atoms with Crippen molar-refractivity contribution in [1.29, 1.82) is 0 Å². The van der Waals surface area contributed by atoms with E-state index in [2.05, 4.69) is 5.32 Å². The molecule has 0 spiro atoms. The summed E-state index contributed by atoms with van der Waals surface area (Å²) in [6, 6.07) is 4.63. The Morgan fingerprint density at radius 1 is 1.59 bits per heavy atom. The monoisotopic (exact) mass is 240 g/mol. The fourth-order valence-corrected chi connectivity index (χ4v) is 1.45. The van der Waals surface area contributed by atoms with Crippen LogP contribution in [0.2, 0.25) is 0 Å². The van der Waals surface area contributed by atoms with E-state index in [1.54, 1.807) is 19.1 Å². The van der Waals surface area contributed by atoms with E-state index in [0.717, 1.165) is 0 Å². The summed E-state index contributed by atoms with van der Waals surface area (Å²) in [5, 5.41) is 2.53. The first-order valence-corrected chi connectivity index (χ1v) is 5.36. The molecule has 0 aliphatic heterocycles. The summed E-state index contributed by atoms with van der Waals surface area (Å²) >= 11 is 0. The fraction of sp³-hybridized carbons (Fsp3) is 0.417. The summed E-state index contributed by atoms with van der Waals surface area (Å²) in [5.74, 6) is -0.754. The van der Waals surface area contributed by atoms with Gasteiger partial charge in [0.2, 0.25) is 5.91 Å². The minimum atomic E-state index is -0.444. The number of para-hydroxylation sites is 1. The number of carbonyl (C=O) groups is 1. The maximum atomic E-state index is 13.4. The van der Waals surface area contributed by atoms with Crippen LogP contribution in [-0.4, -0.2) is 25.7 Å². The summed E-state index contributed by atoms with van der Waals surface area (Å²) in [7, 11) is 1.49. The second-order valence-electron chi connectivity index (χ2n) is 3.78. The van der Waals surface area contributed by atoms with Crippen molar-refractivity contribution in [3.8, 4) is 0 Å². The molecule has 0 fully saturated rings. The molecular weight excluding hydrogens is 223 g/mol. The highest BCUT2D eigenvalue weighted by molar-refractivity contribution is 5.91. The maximum absolute atomic E-state index is 13.4. The van der Waals surface area contributed by atoms with Crippen molar-refractivity contribution in [2.45, 2.75) is 19.4 Å². The number of carbonyl (C=O) groups excluding carboxylic acids is 1. The molecule has 1 unspecified atom stereocenters. The molecule has 1 rings (SSSR count). The van der Waals surface area contributed by atoms with Gasteiger partial charge in [0.15, 0.2) is 0 Å². The summed E-state index contributed by atoms with van der Waals surface area (Å²) in [6.45, 7) is 1.98. The zero-order valence-electron chi connectivity index (χ0n) is 10.00. The smallest absolute Gasteiger partial charge is 0.227 e. The zero-order chi connectivity index (χ0) is 12.8. The molecule has 5 heteroatoms. The van der Waals surface area contributed by atoms with Gasteiger partial charge in [0.25, 0.3) is 0 Å². The Morgan fingerprint density at radius 3 is 2.82 bits per heavy atom. The average molecular weight is 240 g/mol. The van der Waals surface area contributed by atoms with E-state index in [-0.39, 0.29) is 30.7 Å². The molecule has 0 heterocycles. The molecule has 4 nitrogen and oxygen atoms in total. The highest BCUT2D eigenvalue weighted by Gasteiger charge is 2.14. The number of anilines is 1. The van der Waals surface area contributed by atoms with E-state index in [0.29, 0.717) is 5.56 Å². The number of rotatable bonds is 5. The van der Waals surface area contributed by atoms with Crippen molar-refractivity contribution in [2.24, 2.45) is 5.73 Å². The lowest BCUT2D eigenvalue weighted by Crippen LogP contribution is -2.28. The number of benzene rings is 1. The number of halogens is 1. The van der Waals surface area contributed by atoms with Crippen molar-refractivity contribution < 1.29 is 13.9 Å². The van der Waals surface area contributed by atoms with E-state index < -0.39 is 5.82 Å². The Balaban J connectivity index is 2.68. The number of ether oxygens (including phenoxy) is 1. The number of hydrogen-bond donors (Lipinski definition) is 2. The normalized spacial score (nSPS) is 12.2. The first kappa shape index (κ1) is 13.6. The van der Waals surface area contributed by atoms with Crippen LogP contribution >= 0.6 is 0 Å². The zero-order valence-corrected chi connectivity index (χ0v) is 10.00. The Kier molecular flexibility index (Phi) is 5.06. The average Bonchev–Trinajstić information content (AvgIpc) is 2.31. The summed E-state index contributed by atoms with van der Waals surface area (Å²) < 4.78 is 18.4. The minimum Gasteiger partial charge on any atom is -0.380 e. The fourth-order valence-electron chi connectivity index (χ4n) is 1.45. The first-order valence-electron chi connectivity index (χ1n) is 5.36. The van der Waals surface area contributed by atoms with Crippen LogP contribution in [0.3, 0.4) is 0 Å². The van der Waals surface area contributed by atoms with E-state index >= 15 is 0 Å². The first-order chi connectivity index (χ1) is 8.08. The SMILES string of the molecule is COC(CN)CC(=O)Nc1c(C)cccc1F. The third kappa shape index (κ3) is 3.80. The number of amides is 1. The van der Waals surface area contributed by atoms with Crippen LogP contribution in [0.15, 0.2) is 18.2 Å². The van der Waals surface area contributed by atoms with Gasteiger partial charge in [-0.3, -0.25) is 4.79 Å². The number of aryl methyl sites for hydroxylation is 1. The van der Waals surface area contributed by atoms with Crippen LogP contribution in [-0.2, 0) is 9.53 Å². The molecule has 1 atom stereocenters. The summed E-state index contributed by atoms with van der Waals surface area (Å²) in [5.41, 5.74) is 6.30. The van der Waals surface area contributed by atoms with Crippen molar-refractivity contribution in [3.63, 3.8) is 0 Å². The second kappa shape index (κ2) is 6.32. The molecule has 3 N–H and O–H groups in total. The lowest BCUT2D eigenvalue weighted by atomic mass is 10.1. The predicted molar refractivity (Wildman–Crippen MR) is 64.2 cm³/mol. The minimum absolute atomic E-state index is 0.112. The maximum Gasteiger partial charge on any atom is 0.227 e. The Labute approximate surface area is 100.0 Å². The highest BCUT2D eigenvalue weighted by atomic mass is 19.1. The summed E-state index contributed by atoms with van der Waals surface area (Å²) in [6.07, 6.45) is -0.233. The molecule has 0 bridgehead atoms. The molecule has 0 radical (unpaired) electrons. The number of nitrogens with one attached hydrogen (secondary N) is 1. The largest absolute Gasteiger partial charge is 0.380 e. The van der Waals surface area contributed by atoms with Crippen LogP contribution in [0.25, 0.3) is 0 Å². The Hall–Kier alpha value is -1.46. The van der Waals surface area contributed by atoms with Gasteiger partial charge in [0.1, 0.15) is 5.82 Å². The van der Waals surface area contributed by atoms with E-state index in [1.807, 2.05) is 0 Å². The number of hydrogen-bond acceptors (Lipinski definition) is 3. The van der Waals surface area contributed by atoms with Crippen molar-refractivity contribution in [1.82, 2.24) is 0 Å². The molecule has 0 aliphatic rings. The van der Waals surface area contributed by atoms with Gasteiger partial charge in [-0.2, -0.15) is 0 Å². The highest BCUT2D eigenvalue weighted by Crippen LogP contribution is 2.18. The lowest BCUT2D eigenvalue weighted by molar-refractivity contribution is -0.118. The molecule has 94 valence electrons. The Bertz CT molecular complexity index is 372. The van der Waals surface area contributed by atoms with Crippen LogP contribution in [0, 0.1) is 12.7 Å². The van der Waals surface area contributed by atoms with E-state index in [9.17, 15) is 9.18 Å². The Morgan fingerprint density at radius 2 is 2.29 bits per heavy atom. The topological polar surface area (TPSA) is 64.3 Å². The van der Waals surface area contributed by atoms with Gasteiger partial charge in [0.05, 0.1) is 18.2 Å². The molecule has 17 heavy (non-hydrogen) atoms. The van der Waals surface area contributed by atoms with Gasteiger partial charge in [-0.1, -0.05) is 12.1 Å². The summed E-state index contributed by atoms with van der Waals surface area (Å²) in [4.78, 5) is 11.6. The van der Waals surface area contributed by atoms with E-state index in [4.69, 9.17) is 10.5 Å². The predicted octanol–water partition coefficient (Wildman–Crippen LogP) is 1.44. The van der Waals surface area contributed by atoms with Crippen molar-refractivity contribution in [3.05, 3.63) is 29.6 Å².